The molecule has 0 saturated heterocycles. The van der Waals surface area contributed by atoms with Crippen molar-refractivity contribution in [1.82, 2.24) is 5.32 Å². The van der Waals surface area contributed by atoms with E-state index in [0.717, 1.165) is 16.9 Å². The largest absolute Gasteiger partial charge is 0.489 e. The second kappa shape index (κ2) is 8.50. The molecule has 3 aromatic carbocycles. The molecule has 128 valence electrons. The molecular formula is C22H18N2O2. The van der Waals surface area contributed by atoms with Crippen molar-refractivity contribution in [3.8, 4) is 11.8 Å². The van der Waals surface area contributed by atoms with Gasteiger partial charge in [-0.05, 0) is 47.5 Å². The number of rotatable bonds is 6. The van der Waals surface area contributed by atoms with Crippen LogP contribution in [0.4, 0.5) is 0 Å². The average molecular weight is 342 g/mol. The molecule has 0 radical (unpaired) electrons. The third-order valence-corrected chi connectivity index (χ3v) is 3.90. The number of hydrogen-bond acceptors (Lipinski definition) is 3. The molecule has 0 saturated carbocycles. The molecule has 0 aliphatic heterocycles. The Kier molecular flexibility index (Phi) is 5.64. The van der Waals surface area contributed by atoms with Gasteiger partial charge in [0.25, 0.3) is 5.91 Å². The normalized spacial score (nSPS) is 9.96. The second-order valence-electron chi connectivity index (χ2n) is 5.79. The predicted octanol–water partition coefficient (Wildman–Crippen LogP) is 4.07. The van der Waals surface area contributed by atoms with Crippen molar-refractivity contribution in [2.75, 3.05) is 0 Å². The quantitative estimate of drug-likeness (QED) is 0.734. The first-order valence-electron chi connectivity index (χ1n) is 8.28. The Bertz CT molecular complexity index is 896. The minimum Gasteiger partial charge on any atom is -0.489 e. The van der Waals surface area contributed by atoms with Crippen LogP contribution in [0.1, 0.15) is 27.0 Å². The number of nitriles is 1. The molecule has 0 aliphatic carbocycles. The van der Waals surface area contributed by atoms with Crippen LogP contribution in [0.5, 0.6) is 5.75 Å². The summed E-state index contributed by atoms with van der Waals surface area (Å²) in [6.45, 7) is 0.952. The zero-order chi connectivity index (χ0) is 18.2. The molecule has 26 heavy (non-hydrogen) atoms. The van der Waals surface area contributed by atoms with Gasteiger partial charge >= 0.3 is 0 Å². The van der Waals surface area contributed by atoms with Gasteiger partial charge < -0.3 is 10.1 Å². The van der Waals surface area contributed by atoms with Crippen molar-refractivity contribution in [1.29, 1.82) is 5.26 Å². The van der Waals surface area contributed by atoms with Crippen LogP contribution in [0.15, 0.2) is 78.9 Å². The Morgan fingerprint density at radius 1 is 0.885 bits per heavy atom. The Morgan fingerprint density at radius 3 is 2.23 bits per heavy atom. The standard InChI is InChI=1S/C22H18N2O2/c23-14-17-6-10-20(11-7-17)22(25)24-15-18-8-12-21(13-9-18)26-16-19-4-2-1-3-5-19/h1-13H,15-16H2,(H,24,25). The molecule has 0 fully saturated rings. The Labute approximate surface area is 152 Å². The van der Waals surface area contributed by atoms with Crippen LogP contribution in [-0.2, 0) is 13.2 Å². The van der Waals surface area contributed by atoms with Crippen LogP contribution < -0.4 is 10.1 Å². The number of hydrogen-bond donors (Lipinski definition) is 1. The van der Waals surface area contributed by atoms with E-state index in [4.69, 9.17) is 10.00 Å². The lowest BCUT2D eigenvalue weighted by atomic mass is 10.1. The molecule has 3 rings (SSSR count). The topological polar surface area (TPSA) is 62.1 Å². The predicted molar refractivity (Wildman–Crippen MR) is 99.5 cm³/mol. The molecule has 0 bridgehead atoms. The smallest absolute Gasteiger partial charge is 0.251 e. The summed E-state index contributed by atoms with van der Waals surface area (Å²) in [7, 11) is 0. The second-order valence-corrected chi connectivity index (χ2v) is 5.79. The van der Waals surface area contributed by atoms with E-state index >= 15 is 0 Å². The van der Waals surface area contributed by atoms with E-state index in [-0.39, 0.29) is 5.91 Å². The van der Waals surface area contributed by atoms with Gasteiger partial charge in [-0.3, -0.25) is 4.79 Å². The van der Waals surface area contributed by atoms with E-state index in [1.54, 1.807) is 24.3 Å². The summed E-state index contributed by atoms with van der Waals surface area (Å²) >= 11 is 0. The lowest BCUT2D eigenvalue weighted by molar-refractivity contribution is 0.0951. The lowest BCUT2D eigenvalue weighted by Gasteiger charge is -2.08. The van der Waals surface area contributed by atoms with Crippen molar-refractivity contribution in [2.24, 2.45) is 0 Å². The lowest BCUT2D eigenvalue weighted by Crippen LogP contribution is -2.22. The van der Waals surface area contributed by atoms with E-state index in [1.807, 2.05) is 60.7 Å². The molecule has 1 amide bonds. The zero-order valence-electron chi connectivity index (χ0n) is 14.2. The third kappa shape index (κ3) is 4.71. The first-order valence-corrected chi connectivity index (χ1v) is 8.28. The van der Waals surface area contributed by atoms with Crippen LogP contribution in [0.25, 0.3) is 0 Å². The number of carbonyl (C=O) groups is 1. The molecule has 0 heterocycles. The summed E-state index contributed by atoms with van der Waals surface area (Å²) in [6, 6.07) is 26.2. The summed E-state index contributed by atoms with van der Waals surface area (Å²) < 4.78 is 5.75. The first kappa shape index (κ1) is 17.2. The van der Waals surface area contributed by atoms with Gasteiger partial charge in [0, 0.05) is 12.1 Å². The molecule has 0 aromatic heterocycles. The molecule has 1 N–H and O–H groups in total. The monoisotopic (exact) mass is 342 g/mol. The van der Waals surface area contributed by atoms with Gasteiger partial charge in [-0.2, -0.15) is 5.26 Å². The Morgan fingerprint density at radius 2 is 1.58 bits per heavy atom. The fourth-order valence-electron chi connectivity index (χ4n) is 2.42. The van der Waals surface area contributed by atoms with E-state index in [2.05, 4.69) is 5.32 Å². The number of benzene rings is 3. The number of nitrogens with zero attached hydrogens (tertiary/aromatic N) is 1. The third-order valence-electron chi connectivity index (χ3n) is 3.90. The van der Waals surface area contributed by atoms with Crippen LogP contribution in [-0.4, -0.2) is 5.91 Å². The first-order chi connectivity index (χ1) is 12.7. The van der Waals surface area contributed by atoms with Crippen LogP contribution in [0.3, 0.4) is 0 Å². The molecule has 0 spiro atoms. The molecule has 3 aromatic rings. The van der Waals surface area contributed by atoms with Crippen molar-refractivity contribution >= 4 is 5.91 Å². The molecule has 0 unspecified atom stereocenters. The Balaban J connectivity index is 1.50. The van der Waals surface area contributed by atoms with E-state index < -0.39 is 0 Å². The van der Waals surface area contributed by atoms with Gasteiger partial charge in [0.05, 0.1) is 11.6 Å². The van der Waals surface area contributed by atoms with E-state index in [1.165, 1.54) is 0 Å². The van der Waals surface area contributed by atoms with Crippen molar-refractivity contribution in [3.05, 3.63) is 101 Å². The maximum absolute atomic E-state index is 12.1. The average Bonchev–Trinajstić information content (AvgIpc) is 2.72. The summed E-state index contributed by atoms with van der Waals surface area (Å²) in [5.74, 6) is 0.620. The van der Waals surface area contributed by atoms with Gasteiger partial charge in [-0.25, -0.2) is 0 Å². The highest BCUT2D eigenvalue weighted by Crippen LogP contribution is 2.14. The fraction of sp³-hybridized carbons (Fsp3) is 0.0909. The number of amides is 1. The number of nitrogens with one attached hydrogen (secondary N) is 1. The molecule has 0 atom stereocenters. The molecule has 4 heteroatoms. The van der Waals surface area contributed by atoms with Crippen LogP contribution in [0, 0.1) is 11.3 Å². The van der Waals surface area contributed by atoms with E-state index in [9.17, 15) is 4.79 Å². The SMILES string of the molecule is N#Cc1ccc(C(=O)NCc2ccc(OCc3ccccc3)cc2)cc1. The number of ether oxygens (including phenoxy) is 1. The molecule has 0 aliphatic rings. The maximum atomic E-state index is 12.1. The van der Waals surface area contributed by atoms with Crippen LogP contribution in [0.2, 0.25) is 0 Å². The van der Waals surface area contributed by atoms with Gasteiger partial charge in [0.2, 0.25) is 0 Å². The summed E-state index contributed by atoms with van der Waals surface area (Å²) in [5, 5.41) is 11.7. The summed E-state index contributed by atoms with van der Waals surface area (Å²) in [6.07, 6.45) is 0. The minimum atomic E-state index is -0.168. The minimum absolute atomic E-state index is 0.168. The van der Waals surface area contributed by atoms with Crippen molar-refractivity contribution in [2.45, 2.75) is 13.2 Å². The van der Waals surface area contributed by atoms with E-state index in [0.29, 0.717) is 24.3 Å². The maximum Gasteiger partial charge on any atom is 0.251 e. The number of carbonyl (C=O) groups excluding carboxylic acids is 1. The highest BCUT2D eigenvalue weighted by molar-refractivity contribution is 5.94. The molecular weight excluding hydrogens is 324 g/mol. The summed E-state index contributed by atoms with van der Waals surface area (Å²) in [4.78, 5) is 12.1. The van der Waals surface area contributed by atoms with Crippen LogP contribution >= 0.6 is 0 Å². The molecule has 4 nitrogen and oxygen atoms in total. The van der Waals surface area contributed by atoms with Gasteiger partial charge in [-0.15, -0.1) is 0 Å². The van der Waals surface area contributed by atoms with Gasteiger partial charge in [0.1, 0.15) is 12.4 Å². The zero-order valence-corrected chi connectivity index (χ0v) is 14.2. The van der Waals surface area contributed by atoms with Gasteiger partial charge in [-0.1, -0.05) is 42.5 Å². The fourth-order valence-corrected chi connectivity index (χ4v) is 2.42. The van der Waals surface area contributed by atoms with Crippen molar-refractivity contribution in [3.63, 3.8) is 0 Å². The van der Waals surface area contributed by atoms with Crippen molar-refractivity contribution < 1.29 is 9.53 Å². The highest BCUT2D eigenvalue weighted by Gasteiger charge is 2.05. The highest BCUT2D eigenvalue weighted by atomic mass is 16.5. The van der Waals surface area contributed by atoms with Gasteiger partial charge in [0.15, 0.2) is 0 Å². The summed E-state index contributed by atoms with van der Waals surface area (Å²) in [5.41, 5.74) is 3.17. The Hall–Kier alpha value is -3.58.